The van der Waals surface area contributed by atoms with Crippen molar-refractivity contribution in [2.45, 2.75) is 38.0 Å². The largest absolute Gasteiger partial charge is 0.484 e. The van der Waals surface area contributed by atoms with Crippen LogP contribution in [0.3, 0.4) is 0 Å². The number of nitrogens with zero attached hydrogens (tertiary/aromatic N) is 2. The normalized spacial score (nSPS) is 19.8. The predicted molar refractivity (Wildman–Crippen MR) is 111 cm³/mol. The number of hydrogen-bond acceptors (Lipinski definition) is 6. The molecule has 8 heteroatoms. The van der Waals surface area contributed by atoms with Crippen LogP contribution in [0, 0.1) is 5.82 Å². The molecule has 160 valence electrons. The Kier molecular flexibility index (Phi) is 5.76. The van der Waals surface area contributed by atoms with Crippen LogP contribution in [0.4, 0.5) is 10.2 Å². The summed E-state index contributed by atoms with van der Waals surface area (Å²) < 4.78 is 26.2. The van der Waals surface area contributed by atoms with E-state index in [1.165, 1.54) is 13.2 Å². The Balaban J connectivity index is 1.40. The number of para-hydroxylation sites is 1. The minimum atomic E-state index is -0.444. The number of aromatic nitrogens is 1. The highest BCUT2D eigenvalue weighted by Crippen LogP contribution is 2.34. The Bertz CT molecular complexity index is 897. The van der Waals surface area contributed by atoms with E-state index < -0.39 is 11.4 Å². The number of benzene rings is 1. The molecular weight excluding hydrogens is 387 g/mol. The highest BCUT2D eigenvalue weighted by atomic mass is 19.1. The minimum absolute atomic E-state index is 0.0874. The molecule has 0 spiro atoms. The molecule has 1 unspecified atom stereocenters. The Labute approximate surface area is 175 Å². The summed E-state index contributed by atoms with van der Waals surface area (Å²) in [6.45, 7) is 4.03. The zero-order valence-corrected chi connectivity index (χ0v) is 17.3. The summed E-state index contributed by atoms with van der Waals surface area (Å²) >= 11 is 0. The molecule has 2 aliphatic rings. The molecule has 1 aromatic heterocycles. The van der Waals surface area contributed by atoms with Gasteiger partial charge in [-0.1, -0.05) is 18.2 Å². The Morgan fingerprint density at radius 3 is 2.80 bits per heavy atom. The quantitative estimate of drug-likeness (QED) is 0.724. The minimum Gasteiger partial charge on any atom is -0.484 e. The van der Waals surface area contributed by atoms with E-state index in [4.69, 9.17) is 9.47 Å². The number of rotatable bonds is 7. The van der Waals surface area contributed by atoms with Crippen molar-refractivity contribution in [3.63, 3.8) is 0 Å². The SMILES string of the molecule is COc1nc(N2CC(C)(Oc3ccccc3)C2)c(F)cc1CNC(=O)C1CCCN1. The number of amides is 1. The van der Waals surface area contributed by atoms with Crippen LogP contribution in [0.5, 0.6) is 11.6 Å². The second kappa shape index (κ2) is 8.47. The van der Waals surface area contributed by atoms with Crippen molar-refractivity contribution >= 4 is 11.7 Å². The highest BCUT2D eigenvalue weighted by molar-refractivity contribution is 5.82. The molecule has 0 bridgehead atoms. The molecule has 3 heterocycles. The van der Waals surface area contributed by atoms with Crippen molar-refractivity contribution in [2.75, 3.05) is 31.6 Å². The second-order valence-electron chi connectivity index (χ2n) is 8.05. The van der Waals surface area contributed by atoms with Crippen LogP contribution in [0.25, 0.3) is 0 Å². The van der Waals surface area contributed by atoms with Gasteiger partial charge in [0.15, 0.2) is 11.6 Å². The first-order valence-corrected chi connectivity index (χ1v) is 10.2. The lowest BCUT2D eigenvalue weighted by atomic mass is 9.96. The van der Waals surface area contributed by atoms with Crippen LogP contribution in [0.15, 0.2) is 36.4 Å². The molecule has 30 heavy (non-hydrogen) atoms. The lowest BCUT2D eigenvalue weighted by molar-refractivity contribution is -0.122. The Morgan fingerprint density at radius 1 is 1.37 bits per heavy atom. The molecule has 7 nitrogen and oxygen atoms in total. The number of carbonyl (C=O) groups excluding carboxylic acids is 1. The molecule has 4 rings (SSSR count). The molecule has 0 saturated carbocycles. The summed E-state index contributed by atoms with van der Waals surface area (Å²) in [6.07, 6.45) is 1.79. The van der Waals surface area contributed by atoms with E-state index in [1.54, 1.807) is 0 Å². The van der Waals surface area contributed by atoms with Gasteiger partial charge in [-0.25, -0.2) is 4.39 Å². The van der Waals surface area contributed by atoms with Gasteiger partial charge in [-0.2, -0.15) is 4.98 Å². The van der Waals surface area contributed by atoms with Gasteiger partial charge in [0.1, 0.15) is 11.4 Å². The summed E-state index contributed by atoms with van der Waals surface area (Å²) in [4.78, 5) is 18.4. The van der Waals surface area contributed by atoms with E-state index in [2.05, 4.69) is 15.6 Å². The third-order valence-corrected chi connectivity index (χ3v) is 5.48. The maximum Gasteiger partial charge on any atom is 0.237 e. The number of halogens is 1. The molecule has 0 aliphatic carbocycles. The standard InChI is InChI=1S/C22H27FN4O3/c1-22(30-16-7-4-3-5-8-16)13-27(14-22)19-17(23)11-15(21(26-19)29-2)12-25-20(28)18-9-6-10-24-18/h3-5,7-8,11,18,24H,6,9-10,12-14H2,1-2H3,(H,25,28). The molecule has 2 fully saturated rings. The molecular formula is C22H27FN4O3. The van der Waals surface area contributed by atoms with Crippen molar-refractivity contribution in [1.29, 1.82) is 0 Å². The summed E-state index contributed by atoms with van der Waals surface area (Å²) in [5.74, 6) is 0.794. The highest BCUT2D eigenvalue weighted by Gasteiger charge is 2.43. The van der Waals surface area contributed by atoms with Crippen LogP contribution in [-0.2, 0) is 11.3 Å². The lowest BCUT2D eigenvalue weighted by Crippen LogP contribution is -2.63. The van der Waals surface area contributed by atoms with Gasteiger partial charge in [0, 0.05) is 12.1 Å². The monoisotopic (exact) mass is 414 g/mol. The zero-order valence-electron chi connectivity index (χ0n) is 17.3. The van der Waals surface area contributed by atoms with Crippen LogP contribution < -0.4 is 25.0 Å². The van der Waals surface area contributed by atoms with E-state index in [1.807, 2.05) is 42.2 Å². The van der Waals surface area contributed by atoms with Gasteiger partial charge in [-0.05, 0) is 44.5 Å². The van der Waals surface area contributed by atoms with Crippen molar-refractivity contribution < 1.29 is 18.7 Å². The van der Waals surface area contributed by atoms with Gasteiger partial charge in [-0.15, -0.1) is 0 Å². The van der Waals surface area contributed by atoms with Crippen LogP contribution in [0.2, 0.25) is 0 Å². The first-order valence-electron chi connectivity index (χ1n) is 10.2. The van der Waals surface area contributed by atoms with Crippen molar-refractivity contribution in [2.24, 2.45) is 0 Å². The molecule has 0 radical (unpaired) electrons. The predicted octanol–water partition coefficient (Wildman–Crippen LogP) is 2.26. The number of pyridine rings is 1. The second-order valence-corrected chi connectivity index (χ2v) is 8.05. The fourth-order valence-corrected chi connectivity index (χ4v) is 3.99. The number of ether oxygens (including phenoxy) is 2. The summed E-state index contributed by atoms with van der Waals surface area (Å²) in [5, 5.41) is 5.98. The van der Waals surface area contributed by atoms with Crippen LogP contribution in [0.1, 0.15) is 25.3 Å². The number of nitrogens with one attached hydrogen (secondary N) is 2. The van der Waals surface area contributed by atoms with Crippen molar-refractivity contribution in [1.82, 2.24) is 15.6 Å². The molecule has 2 N–H and O–H groups in total. The number of anilines is 1. The molecule has 1 aromatic carbocycles. The average molecular weight is 414 g/mol. The van der Waals surface area contributed by atoms with Crippen molar-refractivity contribution in [3.05, 3.63) is 47.8 Å². The Morgan fingerprint density at radius 2 is 2.13 bits per heavy atom. The van der Waals surface area contributed by atoms with Gasteiger partial charge in [-0.3, -0.25) is 4.79 Å². The lowest BCUT2D eigenvalue weighted by Gasteiger charge is -2.48. The number of methoxy groups -OCH3 is 1. The van der Waals surface area contributed by atoms with Gasteiger partial charge < -0.3 is 25.0 Å². The molecule has 1 atom stereocenters. The Hall–Kier alpha value is -2.87. The summed E-state index contributed by atoms with van der Waals surface area (Å²) in [7, 11) is 1.49. The molecule has 2 aliphatic heterocycles. The van der Waals surface area contributed by atoms with E-state index in [9.17, 15) is 9.18 Å². The number of hydrogen-bond donors (Lipinski definition) is 2. The fourth-order valence-electron chi connectivity index (χ4n) is 3.99. The van der Waals surface area contributed by atoms with Gasteiger partial charge in [0.25, 0.3) is 0 Å². The third-order valence-electron chi connectivity index (χ3n) is 5.48. The number of carbonyl (C=O) groups is 1. The fraction of sp³-hybridized carbons (Fsp3) is 0.455. The van der Waals surface area contributed by atoms with E-state index in [0.29, 0.717) is 24.5 Å². The van der Waals surface area contributed by atoms with E-state index >= 15 is 0 Å². The van der Waals surface area contributed by atoms with Crippen LogP contribution >= 0.6 is 0 Å². The maximum atomic E-state index is 14.8. The summed E-state index contributed by atoms with van der Waals surface area (Å²) in [6, 6.07) is 10.8. The van der Waals surface area contributed by atoms with Crippen molar-refractivity contribution in [3.8, 4) is 11.6 Å². The summed E-state index contributed by atoms with van der Waals surface area (Å²) in [5.41, 5.74) is 0.0952. The third kappa shape index (κ3) is 4.33. The molecule has 2 aromatic rings. The van der Waals surface area contributed by atoms with Gasteiger partial charge >= 0.3 is 0 Å². The maximum absolute atomic E-state index is 14.8. The molecule has 2 saturated heterocycles. The smallest absolute Gasteiger partial charge is 0.237 e. The zero-order chi connectivity index (χ0) is 21.1. The molecule has 1 amide bonds. The average Bonchev–Trinajstić information content (AvgIpc) is 3.26. The van der Waals surface area contributed by atoms with Gasteiger partial charge in [0.2, 0.25) is 11.8 Å². The van der Waals surface area contributed by atoms with E-state index in [-0.39, 0.29) is 24.3 Å². The van der Waals surface area contributed by atoms with Gasteiger partial charge in [0.05, 0.1) is 26.2 Å². The topological polar surface area (TPSA) is 75.7 Å². The van der Waals surface area contributed by atoms with E-state index in [0.717, 1.165) is 25.1 Å². The first-order chi connectivity index (χ1) is 14.5. The first kappa shape index (κ1) is 20.4. The van der Waals surface area contributed by atoms with Crippen LogP contribution in [-0.4, -0.2) is 49.3 Å².